The number of para-hydroxylation sites is 1. The SMILES string of the molecule is CC1(CNC(=O)c2ccc(Oc3ccccc3)cc2)CCNCC1. The number of carbonyl (C=O) groups excluding carboxylic acids is 1. The molecule has 4 nitrogen and oxygen atoms in total. The van der Waals surface area contributed by atoms with Gasteiger partial charge in [-0.2, -0.15) is 0 Å². The predicted molar refractivity (Wildman–Crippen MR) is 95.5 cm³/mol. The zero-order valence-corrected chi connectivity index (χ0v) is 14.0. The summed E-state index contributed by atoms with van der Waals surface area (Å²) in [4.78, 5) is 12.3. The summed E-state index contributed by atoms with van der Waals surface area (Å²) >= 11 is 0. The Morgan fingerprint density at radius 3 is 2.33 bits per heavy atom. The topological polar surface area (TPSA) is 50.4 Å². The van der Waals surface area contributed by atoms with Gasteiger partial charge in [0.2, 0.25) is 0 Å². The molecule has 1 amide bonds. The monoisotopic (exact) mass is 324 g/mol. The third kappa shape index (κ3) is 4.36. The molecule has 1 heterocycles. The molecule has 0 saturated carbocycles. The van der Waals surface area contributed by atoms with Gasteiger partial charge in [0.05, 0.1) is 0 Å². The lowest BCUT2D eigenvalue weighted by atomic mass is 9.81. The molecule has 0 spiro atoms. The number of amides is 1. The minimum atomic E-state index is -0.0268. The number of piperidine rings is 1. The number of rotatable bonds is 5. The summed E-state index contributed by atoms with van der Waals surface area (Å²) in [6.07, 6.45) is 2.19. The minimum absolute atomic E-state index is 0.0268. The summed E-state index contributed by atoms with van der Waals surface area (Å²) < 4.78 is 5.75. The predicted octanol–water partition coefficient (Wildman–Crippen LogP) is 3.60. The molecular weight excluding hydrogens is 300 g/mol. The Bertz CT molecular complexity index is 662. The van der Waals surface area contributed by atoms with E-state index < -0.39 is 0 Å². The third-order valence-electron chi connectivity index (χ3n) is 4.58. The largest absolute Gasteiger partial charge is 0.457 e. The van der Waals surface area contributed by atoms with E-state index in [1.165, 1.54) is 0 Å². The van der Waals surface area contributed by atoms with Crippen LogP contribution in [0.3, 0.4) is 0 Å². The number of benzene rings is 2. The highest BCUT2D eigenvalue weighted by molar-refractivity contribution is 5.94. The average Bonchev–Trinajstić information content (AvgIpc) is 2.62. The van der Waals surface area contributed by atoms with Crippen molar-refractivity contribution in [2.45, 2.75) is 19.8 Å². The van der Waals surface area contributed by atoms with Crippen LogP contribution in [0.5, 0.6) is 11.5 Å². The van der Waals surface area contributed by atoms with Crippen molar-refractivity contribution in [2.75, 3.05) is 19.6 Å². The molecule has 2 aromatic carbocycles. The van der Waals surface area contributed by atoms with Crippen LogP contribution in [0.15, 0.2) is 54.6 Å². The van der Waals surface area contributed by atoms with Gasteiger partial charge in [-0.3, -0.25) is 4.79 Å². The fraction of sp³-hybridized carbons (Fsp3) is 0.350. The van der Waals surface area contributed by atoms with Crippen LogP contribution in [-0.4, -0.2) is 25.5 Å². The van der Waals surface area contributed by atoms with E-state index in [2.05, 4.69) is 17.6 Å². The van der Waals surface area contributed by atoms with Gasteiger partial charge in [0.1, 0.15) is 11.5 Å². The third-order valence-corrected chi connectivity index (χ3v) is 4.58. The highest BCUT2D eigenvalue weighted by atomic mass is 16.5. The normalized spacial score (nSPS) is 16.4. The lowest BCUT2D eigenvalue weighted by Gasteiger charge is -2.34. The van der Waals surface area contributed by atoms with Crippen LogP contribution >= 0.6 is 0 Å². The van der Waals surface area contributed by atoms with E-state index in [0.29, 0.717) is 5.56 Å². The van der Waals surface area contributed by atoms with Crippen molar-refractivity contribution in [3.63, 3.8) is 0 Å². The molecule has 2 aromatic rings. The summed E-state index contributed by atoms with van der Waals surface area (Å²) in [5.74, 6) is 1.48. The maximum absolute atomic E-state index is 12.3. The Kier molecular flexibility index (Phi) is 5.16. The van der Waals surface area contributed by atoms with Crippen molar-refractivity contribution in [3.05, 3.63) is 60.2 Å². The summed E-state index contributed by atoms with van der Waals surface area (Å²) in [5, 5.41) is 6.43. The van der Waals surface area contributed by atoms with E-state index in [1.807, 2.05) is 42.5 Å². The molecule has 1 aliphatic rings. The van der Waals surface area contributed by atoms with Gasteiger partial charge < -0.3 is 15.4 Å². The van der Waals surface area contributed by atoms with E-state index >= 15 is 0 Å². The van der Waals surface area contributed by atoms with E-state index in [4.69, 9.17) is 4.74 Å². The molecule has 24 heavy (non-hydrogen) atoms. The maximum atomic E-state index is 12.3. The molecule has 1 aliphatic heterocycles. The van der Waals surface area contributed by atoms with Gasteiger partial charge in [0.25, 0.3) is 5.91 Å². The van der Waals surface area contributed by atoms with E-state index in [9.17, 15) is 4.79 Å². The van der Waals surface area contributed by atoms with Crippen LogP contribution < -0.4 is 15.4 Å². The summed E-state index contributed by atoms with van der Waals surface area (Å²) in [5.41, 5.74) is 0.852. The second-order valence-corrected chi connectivity index (χ2v) is 6.68. The van der Waals surface area contributed by atoms with Gasteiger partial charge in [-0.25, -0.2) is 0 Å². The number of carbonyl (C=O) groups is 1. The van der Waals surface area contributed by atoms with Gasteiger partial charge in [-0.1, -0.05) is 25.1 Å². The molecule has 1 fully saturated rings. The van der Waals surface area contributed by atoms with E-state index in [1.54, 1.807) is 12.1 Å². The van der Waals surface area contributed by atoms with Crippen molar-refractivity contribution >= 4 is 5.91 Å². The molecule has 0 aromatic heterocycles. The fourth-order valence-electron chi connectivity index (χ4n) is 2.90. The number of hydrogen-bond acceptors (Lipinski definition) is 3. The molecule has 1 saturated heterocycles. The molecule has 4 heteroatoms. The Hall–Kier alpha value is -2.33. The molecule has 0 atom stereocenters. The molecule has 3 rings (SSSR count). The lowest BCUT2D eigenvalue weighted by Crippen LogP contribution is -2.42. The number of hydrogen-bond donors (Lipinski definition) is 2. The van der Waals surface area contributed by atoms with Gasteiger partial charge in [-0.15, -0.1) is 0 Å². The van der Waals surface area contributed by atoms with Crippen molar-refractivity contribution in [1.29, 1.82) is 0 Å². The van der Waals surface area contributed by atoms with Gasteiger partial charge >= 0.3 is 0 Å². The van der Waals surface area contributed by atoms with Crippen molar-refractivity contribution in [3.8, 4) is 11.5 Å². The van der Waals surface area contributed by atoms with E-state index in [0.717, 1.165) is 44.0 Å². The van der Waals surface area contributed by atoms with Crippen LogP contribution in [-0.2, 0) is 0 Å². The van der Waals surface area contributed by atoms with Crippen LogP contribution in [0, 0.1) is 5.41 Å². The summed E-state index contributed by atoms with van der Waals surface area (Å²) in [7, 11) is 0. The first-order valence-electron chi connectivity index (χ1n) is 8.47. The molecule has 0 radical (unpaired) electrons. The smallest absolute Gasteiger partial charge is 0.251 e. The molecule has 2 N–H and O–H groups in total. The molecule has 0 bridgehead atoms. The first kappa shape index (κ1) is 16.5. The zero-order valence-electron chi connectivity index (χ0n) is 14.0. The van der Waals surface area contributed by atoms with Gasteiger partial charge in [0, 0.05) is 12.1 Å². The zero-order chi connectivity index (χ0) is 16.8. The first-order chi connectivity index (χ1) is 11.6. The van der Waals surface area contributed by atoms with Crippen molar-refractivity contribution in [2.24, 2.45) is 5.41 Å². The van der Waals surface area contributed by atoms with Gasteiger partial charge in [-0.05, 0) is 67.7 Å². The second-order valence-electron chi connectivity index (χ2n) is 6.68. The quantitative estimate of drug-likeness (QED) is 0.883. The standard InChI is InChI=1S/C20H24N2O2/c1-20(11-13-21-14-12-20)15-22-19(23)16-7-9-18(10-8-16)24-17-5-3-2-4-6-17/h2-10,21H,11-15H2,1H3,(H,22,23). The molecule has 0 unspecified atom stereocenters. The molecule has 126 valence electrons. The van der Waals surface area contributed by atoms with Gasteiger partial charge in [0.15, 0.2) is 0 Å². The summed E-state index contributed by atoms with van der Waals surface area (Å²) in [6.45, 7) is 5.01. The lowest BCUT2D eigenvalue weighted by molar-refractivity contribution is 0.0922. The second kappa shape index (κ2) is 7.49. The Morgan fingerprint density at radius 2 is 1.67 bits per heavy atom. The van der Waals surface area contributed by atoms with Crippen LogP contribution in [0.1, 0.15) is 30.1 Å². The fourth-order valence-corrected chi connectivity index (χ4v) is 2.90. The molecular formula is C20H24N2O2. The molecule has 0 aliphatic carbocycles. The summed E-state index contributed by atoms with van der Waals surface area (Å²) in [6, 6.07) is 16.9. The average molecular weight is 324 g/mol. The first-order valence-corrected chi connectivity index (χ1v) is 8.47. The minimum Gasteiger partial charge on any atom is -0.457 e. The van der Waals surface area contributed by atoms with Crippen LogP contribution in [0.2, 0.25) is 0 Å². The Balaban J connectivity index is 1.55. The Morgan fingerprint density at radius 1 is 1.04 bits per heavy atom. The van der Waals surface area contributed by atoms with E-state index in [-0.39, 0.29) is 11.3 Å². The highest BCUT2D eigenvalue weighted by Gasteiger charge is 2.27. The van der Waals surface area contributed by atoms with Crippen molar-refractivity contribution < 1.29 is 9.53 Å². The van der Waals surface area contributed by atoms with Crippen LogP contribution in [0.25, 0.3) is 0 Å². The Labute approximate surface area is 143 Å². The number of nitrogens with one attached hydrogen (secondary N) is 2. The highest BCUT2D eigenvalue weighted by Crippen LogP contribution is 2.27. The van der Waals surface area contributed by atoms with Crippen molar-refractivity contribution in [1.82, 2.24) is 10.6 Å². The maximum Gasteiger partial charge on any atom is 0.251 e. The number of ether oxygens (including phenoxy) is 1. The van der Waals surface area contributed by atoms with Crippen LogP contribution in [0.4, 0.5) is 0 Å².